The van der Waals surface area contributed by atoms with Crippen LogP contribution >= 0.6 is 22.7 Å². The van der Waals surface area contributed by atoms with Crippen LogP contribution in [0.1, 0.15) is 0 Å². The quantitative estimate of drug-likeness (QED) is 0.162. The smallest absolute Gasteiger partial charge is 0.164 e. The van der Waals surface area contributed by atoms with Crippen molar-refractivity contribution in [2.75, 3.05) is 0 Å². The van der Waals surface area contributed by atoms with Crippen LogP contribution < -0.4 is 0 Å². The highest BCUT2D eigenvalue weighted by atomic mass is 32.1. The Morgan fingerprint density at radius 3 is 1.52 bits per heavy atom. The van der Waals surface area contributed by atoms with E-state index in [0.717, 1.165) is 27.6 Å². The highest BCUT2D eigenvalue weighted by Crippen LogP contribution is 2.46. The minimum Gasteiger partial charge on any atom is -0.208 e. The topological polar surface area (TPSA) is 38.7 Å². The van der Waals surface area contributed by atoms with Gasteiger partial charge in [-0.3, -0.25) is 0 Å². The first-order chi connectivity index (χ1) is 30.7. The van der Waals surface area contributed by atoms with Crippen molar-refractivity contribution in [1.82, 2.24) is 15.0 Å². The van der Waals surface area contributed by atoms with Gasteiger partial charge in [0.1, 0.15) is 0 Å². The molecule has 0 saturated heterocycles. The molecule has 0 radical (unpaired) electrons. The van der Waals surface area contributed by atoms with Gasteiger partial charge >= 0.3 is 0 Å². The number of nitrogens with zero attached hydrogens (tertiary/aromatic N) is 3. The lowest BCUT2D eigenvalue weighted by Gasteiger charge is -2.12. The largest absolute Gasteiger partial charge is 0.208 e. The van der Waals surface area contributed by atoms with Gasteiger partial charge in [0, 0.05) is 57.0 Å². The van der Waals surface area contributed by atoms with Crippen LogP contribution in [-0.4, -0.2) is 15.0 Å². The summed E-state index contributed by atoms with van der Waals surface area (Å²) in [6, 6.07) is 72.0. The van der Waals surface area contributed by atoms with Gasteiger partial charge in [-0.1, -0.05) is 170 Å². The maximum atomic E-state index is 5.33. The van der Waals surface area contributed by atoms with Gasteiger partial charge in [-0.2, -0.15) is 0 Å². The minimum absolute atomic E-state index is 0.645. The Labute approximate surface area is 364 Å². The summed E-state index contributed by atoms with van der Waals surface area (Å²) in [6.45, 7) is 0. The summed E-state index contributed by atoms with van der Waals surface area (Å²) < 4.78 is 5.02. The van der Waals surface area contributed by atoms with Crippen molar-refractivity contribution in [1.29, 1.82) is 0 Å². The SMILES string of the molecule is c1ccc(-c2nc(-c3cccc(-c4cccc5sc6ccccc6c45)c3)nc(-c3cccc4sc5c(-c6ccc7c8ccccc8c8ccccc8c7c6)cccc5c34)n2)cc1. The summed E-state index contributed by atoms with van der Waals surface area (Å²) in [6.07, 6.45) is 0. The molecule has 0 atom stereocenters. The average Bonchev–Trinajstić information content (AvgIpc) is 3.93. The van der Waals surface area contributed by atoms with Crippen LogP contribution in [0.15, 0.2) is 200 Å². The van der Waals surface area contributed by atoms with E-state index in [4.69, 9.17) is 15.0 Å². The molecule has 0 bridgehead atoms. The number of rotatable bonds is 5. The first-order valence-electron chi connectivity index (χ1n) is 20.8. The third-order valence-electron chi connectivity index (χ3n) is 12.3. The van der Waals surface area contributed by atoms with Gasteiger partial charge < -0.3 is 0 Å². The summed E-state index contributed by atoms with van der Waals surface area (Å²) >= 11 is 3.68. The molecule has 3 nitrogen and oxygen atoms in total. The van der Waals surface area contributed by atoms with Crippen molar-refractivity contribution >= 4 is 95.3 Å². The lowest BCUT2D eigenvalue weighted by atomic mass is 9.92. The molecular formula is C57H33N3S2. The Morgan fingerprint density at radius 2 is 0.742 bits per heavy atom. The van der Waals surface area contributed by atoms with E-state index in [1.807, 2.05) is 40.9 Å². The standard InChI is InChI=1S/C57H33N3S2/c1-2-14-34(15-3-1)55-58-56(37-17-10-16-35(32-37)38-23-12-28-50-52(38)45-22-8-9-27-49(45)61-50)60-57(59-55)47-26-13-29-51-53(47)46-25-11-24-39(54(46)62-51)36-30-31-44-42-20-5-4-18-40(42)41-19-6-7-21-43(41)48(44)33-36/h1-33H. The van der Waals surface area contributed by atoms with E-state index in [1.165, 1.54) is 84.0 Å². The first kappa shape index (κ1) is 35.2. The molecule has 0 aliphatic carbocycles. The normalized spacial score (nSPS) is 11.9. The fourth-order valence-corrected chi connectivity index (χ4v) is 11.9. The molecule has 0 N–H and O–H groups in total. The van der Waals surface area contributed by atoms with Gasteiger partial charge in [0.25, 0.3) is 0 Å². The highest BCUT2D eigenvalue weighted by Gasteiger charge is 2.20. The summed E-state index contributed by atoms with van der Waals surface area (Å²) in [7, 11) is 0. The molecule has 0 unspecified atom stereocenters. The third kappa shape index (κ3) is 5.53. The van der Waals surface area contributed by atoms with Crippen molar-refractivity contribution in [2.24, 2.45) is 0 Å². The monoisotopic (exact) mass is 823 g/mol. The van der Waals surface area contributed by atoms with Crippen LogP contribution in [0.2, 0.25) is 0 Å². The van der Waals surface area contributed by atoms with Gasteiger partial charge in [0.15, 0.2) is 17.5 Å². The minimum atomic E-state index is 0.645. The van der Waals surface area contributed by atoms with Crippen LogP contribution in [0.3, 0.4) is 0 Å². The molecule has 0 spiro atoms. The second-order valence-electron chi connectivity index (χ2n) is 15.8. The van der Waals surface area contributed by atoms with Gasteiger partial charge in [-0.25, -0.2) is 15.0 Å². The molecule has 0 fully saturated rings. The number of aromatic nitrogens is 3. The van der Waals surface area contributed by atoms with E-state index in [9.17, 15) is 0 Å². The van der Waals surface area contributed by atoms with Gasteiger partial charge in [-0.15, -0.1) is 22.7 Å². The Balaban J connectivity index is 0.990. The molecule has 13 rings (SSSR count). The number of hydrogen-bond acceptors (Lipinski definition) is 5. The van der Waals surface area contributed by atoms with Crippen LogP contribution in [0.5, 0.6) is 0 Å². The van der Waals surface area contributed by atoms with E-state index in [2.05, 4.69) is 182 Å². The molecule has 10 aromatic carbocycles. The predicted octanol–water partition coefficient (Wildman–Crippen LogP) is 16.4. The van der Waals surface area contributed by atoms with E-state index < -0.39 is 0 Å². The zero-order chi connectivity index (χ0) is 40.7. The van der Waals surface area contributed by atoms with Crippen LogP contribution in [0.4, 0.5) is 0 Å². The lowest BCUT2D eigenvalue weighted by molar-refractivity contribution is 1.08. The number of benzene rings is 10. The molecular weight excluding hydrogens is 791 g/mol. The maximum absolute atomic E-state index is 5.33. The second kappa shape index (κ2) is 14.0. The van der Waals surface area contributed by atoms with Crippen molar-refractivity contribution in [3.63, 3.8) is 0 Å². The summed E-state index contributed by atoms with van der Waals surface area (Å²) in [5.74, 6) is 1.95. The highest BCUT2D eigenvalue weighted by molar-refractivity contribution is 7.26. The number of thiophene rings is 2. The summed E-state index contributed by atoms with van der Waals surface area (Å²) in [5, 5.41) is 12.6. The Morgan fingerprint density at radius 1 is 0.258 bits per heavy atom. The van der Waals surface area contributed by atoms with Crippen molar-refractivity contribution in [3.8, 4) is 56.4 Å². The lowest BCUT2D eigenvalue weighted by Crippen LogP contribution is -2.00. The van der Waals surface area contributed by atoms with E-state index in [-0.39, 0.29) is 0 Å². The number of fused-ring (bicyclic) bond motifs is 12. The Hall–Kier alpha value is -7.57. The zero-order valence-electron chi connectivity index (χ0n) is 33.2. The molecule has 288 valence electrons. The Bertz CT molecular complexity index is 3900. The molecule has 0 amide bonds. The molecule has 3 heterocycles. The molecule has 62 heavy (non-hydrogen) atoms. The van der Waals surface area contributed by atoms with Crippen LogP contribution in [0.25, 0.3) is 129 Å². The molecule has 3 aromatic heterocycles. The van der Waals surface area contributed by atoms with E-state index >= 15 is 0 Å². The summed E-state index contributed by atoms with van der Waals surface area (Å²) in [4.78, 5) is 15.7. The predicted molar refractivity (Wildman–Crippen MR) is 265 cm³/mol. The second-order valence-corrected chi connectivity index (χ2v) is 18.0. The van der Waals surface area contributed by atoms with Gasteiger partial charge in [0.05, 0.1) is 0 Å². The zero-order valence-corrected chi connectivity index (χ0v) is 34.8. The van der Waals surface area contributed by atoms with E-state index in [1.54, 1.807) is 0 Å². The van der Waals surface area contributed by atoms with Crippen molar-refractivity contribution in [3.05, 3.63) is 200 Å². The van der Waals surface area contributed by atoms with Crippen molar-refractivity contribution in [2.45, 2.75) is 0 Å². The van der Waals surface area contributed by atoms with Crippen LogP contribution in [0, 0.1) is 0 Å². The molecule has 0 saturated carbocycles. The molecule has 5 heteroatoms. The Kier molecular flexibility index (Phi) is 7.95. The van der Waals surface area contributed by atoms with Gasteiger partial charge in [0.2, 0.25) is 0 Å². The fraction of sp³-hybridized carbons (Fsp3) is 0. The van der Waals surface area contributed by atoms with Gasteiger partial charge in [-0.05, 0) is 84.9 Å². The van der Waals surface area contributed by atoms with E-state index in [0.29, 0.717) is 17.5 Å². The van der Waals surface area contributed by atoms with Crippen LogP contribution in [-0.2, 0) is 0 Å². The fourth-order valence-electron chi connectivity index (χ4n) is 9.52. The summed E-state index contributed by atoms with van der Waals surface area (Å²) in [5.41, 5.74) is 7.65. The van der Waals surface area contributed by atoms with Crippen molar-refractivity contribution < 1.29 is 0 Å². The number of hydrogen-bond donors (Lipinski definition) is 0. The molecule has 13 aromatic rings. The maximum Gasteiger partial charge on any atom is 0.164 e. The molecule has 0 aliphatic rings. The third-order valence-corrected chi connectivity index (χ3v) is 14.7. The average molecular weight is 824 g/mol. The molecule has 0 aliphatic heterocycles. The first-order valence-corrected chi connectivity index (χ1v) is 22.5.